The summed E-state index contributed by atoms with van der Waals surface area (Å²) in [6.45, 7) is 2.85. The molecule has 0 saturated carbocycles. The molecule has 0 amide bonds. The van der Waals surface area contributed by atoms with Crippen molar-refractivity contribution in [3.05, 3.63) is 84.9 Å². The largest absolute Gasteiger partial charge is 0.512 e. The Labute approximate surface area is 197 Å². The van der Waals surface area contributed by atoms with Gasteiger partial charge in [-0.25, -0.2) is 4.98 Å². The zero-order valence-electron chi connectivity index (χ0n) is 16.9. The predicted molar refractivity (Wildman–Crippen MR) is 124 cm³/mol. The number of hydrogen-bond donors (Lipinski definition) is 1. The zero-order chi connectivity index (χ0) is 21.1. The summed E-state index contributed by atoms with van der Waals surface area (Å²) in [5, 5.41) is 12.1. The van der Waals surface area contributed by atoms with Crippen LogP contribution in [0.1, 0.15) is 13.8 Å². The van der Waals surface area contributed by atoms with Gasteiger partial charge in [0.1, 0.15) is 6.33 Å². The smallest absolute Gasteiger partial charge is 0.155 e. The van der Waals surface area contributed by atoms with Crippen molar-refractivity contribution < 1.29 is 30.0 Å². The average molecular weight is 604 g/mol. The van der Waals surface area contributed by atoms with Crippen LogP contribution in [0.15, 0.2) is 78.8 Å². The van der Waals surface area contributed by atoms with Gasteiger partial charge in [-0.3, -0.25) is 9.78 Å². The fraction of sp³-hybridized carbons (Fsp3) is 0.0800. The molecule has 5 rings (SSSR count). The summed E-state index contributed by atoms with van der Waals surface area (Å²) in [5.41, 5.74) is 3.00. The summed E-state index contributed by atoms with van der Waals surface area (Å²) in [7, 11) is 0. The molecule has 4 nitrogen and oxygen atoms in total. The number of aliphatic hydroxyl groups is 1. The van der Waals surface area contributed by atoms with Gasteiger partial charge in [0.2, 0.25) is 0 Å². The van der Waals surface area contributed by atoms with E-state index in [1.165, 1.54) is 40.8 Å². The maximum Gasteiger partial charge on any atom is 0.155 e. The summed E-state index contributed by atoms with van der Waals surface area (Å²) >= 11 is 1.75. The second-order valence-electron chi connectivity index (χ2n) is 6.83. The van der Waals surface area contributed by atoms with Gasteiger partial charge < -0.3 is 5.11 Å². The van der Waals surface area contributed by atoms with Gasteiger partial charge in [0.05, 0.1) is 11.3 Å². The average Bonchev–Trinajstić information content (AvgIpc) is 3.13. The van der Waals surface area contributed by atoms with Gasteiger partial charge in [0.15, 0.2) is 5.78 Å². The number of nitrogens with zero attached hydrogens (tertiary/aromatic N) is 2. The van der Waals surface area contributed by atoms with Crippen LogP contribution in [0.2, 0.25) is 0 Å². The number of benzene rings is 3. The van der Waals surface area contributed by atoms with Gasteiger partial charge in [-0.1, -0.05) is 30.3 Å². The van der Waals surface area contributed by atoms with Crippen molar-refractivity contribution >= 4 is 48.2 Å². The Hall–Kier alpha value is -2.92. The van der Waals surface area contributed by atoms with Gasteiger partial charge >= 0.3 is 0 Å². The third kappa shape index (κ3) is 4.88. The standard InChI is InChI=1S/C20H11N2S.C5H8O2.Ir/c1-2-7-14(8-3-1)18-20-19(22-12-21-18)17-15-9-5-4-6-13(15)10-11-16(17)23-20;1-4(6)3-5(2)7;/h1-7,9-12H;3,6H,1-2H3;/q-1;;/b;4-3-;. The van der Waals surface area contributed by atoms with Crippen molar-refractivity contribution in [2.24, 2.45) is 0 Å². The molecular formula is C25H19IrN2O2S-. The normalized spacial score (nSPS) is 11.1. The molecule has 0 aliphatic rings. The van der Waals surface area contributed by atoms with Crippen LogP contribution in [0.25, 0.3) is 42.3 Å². The number of allylic oxidation sites excluding steroid dienone is 2. The monoisotopic (exact) mass is 604 g/mol. The Balaban J connectivity index is 0.000000299. The van der Waals surface area contributed by atoms with E-state index in [-0.39, 0.29) is 31.6 Å². The van der Waals surface area contributed by atoms with E-state index < -0.39 is 0 Å². The maximum absolute atomic E-state index is 10.0. The van der Waals surface area contributed by atoms with Crippen molar-refractivity contribution in [2.45, 2.75) is 13.8 Å². The second-order valence-corrected chi connectivity index (χ2v) is 7.89. The Bertz CT molecular complexity index is 1390. The molecular weight excluding hydrogens is 585 g/mol. The number of carbonyl (C=O) groups is 1. The molecule has 0 aliphatic carbocycles. The zero-order valence-corrected chi connectivity index (χ0v) is 20.1. The molecule has 0 spiro atoms. The number of rotatable bonds is 2. The number of ketones is 1. The van der Waals surface area contributed by atoms with Gasteiger partial charge in [-0.2, -0.15) is 0 Å². The number of fused-ring (bicyclic) bond motifs is 5. The van der Waals surface area contributed by atoms with Crippen LogP contribution < -0.4 is 0 Å². The van der Waals surface area contributed by atoms with Crippen molar-refractivity contribution in [1.82, 2.24) is 9.97 Å². The van der Waals surface area contributed by atoms with E-state index in [4.69, 9.17) is 5.11 Å². The van der Waals surface area contributed by atoms with E-state index in [1.54, 1.807) is 17.7 Å². The van der Waals surface area contributed by atoms with Crippen LogP contribution >= 0.6 is 11.3 Å². The quantitative estimate of drug-likeness (QED) is 0.142. The fourth-order valence-corrected chi connectivity index (χ4v) is 4.54. The van der Waals surface area contributed by atoms with Crippen LogP contribution in [0, 0.1) is 6.07 Å². The molecule has 1 N–H and O–H groups in total. The summed E-state index contributed by atoms with van der Waals surface area (Å²) in [4.78, 5) is 19.1. The minimum absolute atomic E-state index is 0. The van der Waals surface area contributed by atoms with E-state index in [9.17, 15) is 4.79 Å². The Morgan fingerprint density at radius 2 is 1.81 bits per heavy atom. The summed E-state index contributed by atoms with van der Waals surface area (Å²) < 4.78 is 2.37. The molecule has 0 bridgehead atoms. The Kier molecular flexibility index (Phi) is 7.29. The van der Waals surface area contributed by atoms with Crippen LogP contribution in [-0.2, 0) is 24.9 Å². The number of hydrogen-bond acceptors (Lipinski definition) is 5. The molecule has 0 unspecified atom stereocenters. The van der Waals surface area contributed by atoms with Crippen LogP contribution in [0.4, 0.5) is 0 Å². The molecule has 6 heteroatoms. The Morgan fingerprint density at radius 1 is 1.03 bits per heavy atom. The van der Waals surface area contributed by atoms with Crippen LogP contribution in [0.5, 0.6) is 0 Å². The molecule has 0 atom stereocenters. The van der Waals surface area contributed by atoms with Crippen LogP contribution in [0.3, 0.4) is 0 Å². The molecule has 0 fully saturated rings. The Morgan fingerprint density at radius 3 is 2.48 bits per heavy atom. The summed E-state index contributed by atoms with van der Waals surface area (Å²) in [5.74, 6) is -0.0625. The van der Waals surface area contributed by atoms with E-state index in [0.29, 0.717) is 0 Å². The van der Waals surface area contributed by atoms with E-state index in [1.807, 2.05) is 24.3 Å². The van der Waals surface area contributed by atoms with E-state index >= 15 is 0 Å². The number of aromatic nitrogens is 2. The van der Waals surface area contributed by atoms with Crippen molar-refractivity contribution in [2.75, 3.05) is 0 Å². The third-order valence-electron chi connectivity index (χ3n) is 4.52. The van der Waals surface area contributed by atoms with Gasteiger partial charge in [-0.15, -0.1) is 47.2 Å². The molecule has 31 heavy (non-hydrogen) atoms. The molecule has 5 aromatic rings. The van der Waals surface area contributed by atoms with E-state index in [2.05, 4.69) is 52.4 Å². The molecule has 3 aromatic carbocycles. The SMILES string of the molecule is CC(=O)/C=C(/C)O.[Ir].[c-]1ccccc1-c1ncnc2c1sc1ccc3ccccc3c12. The number of aliphatic hydroxyl groups excluding tert-OH is 1. The maximum atomic E-state index is 10.0. The van der Waals surface area contributed by atoms with Crippen molar-refractivity contribution in [3.63, 3.8) is 0 Å². The van der Waals surface area contributed by atoms with Crippen LogP contribution in [-0.4, -0.2) is 20.9 Å². The van der Waals surface area contributed by atoms with Crippen molar-refractivity contribution in [1.29, 1.82) is 0 Å². The van der Waals surface area contributed by atoms with Crippen molar-refractivity contribution in [3.8, 4) is 11.3 Å². The number of carbonyl (C=O) groups excluding carboxylic acids is 1. The first-order valence-corrected chi connectivity index (χ1v) is 10.3. The first-order valence-electron chi connectivity index (χ1n) is 9.44. The minimum Gasteiger partial charge on any atom is -0.512 e. The fourth-order valence-electron chi connectivity index (χ4n) is 3.37. The van der Waals surface area contributed by atoms with E-state index in [0.717, 1.165) is 21.5 Å². The minimum atomic E-state index is -0.125. The van der Waals surface area contributed by atoms with Gasteiger partial charge in [-0.05, 0) is 30.7 Å². The number of thiophene rings is 1. The molecule has 1 radical (unpaired) electrons. The second kappa shape index (κ2) is 9.92. The molecule has 2 heterocycles. The molecule has 0 saturated heterocycles. The molecule has 0 aliphatic heterocycles. The third-order valence-corrected chi connectivity index (χ3v) is 5.67. The summed E-state index contributed by atoms with van der Waals surface area (Å²) in [6, 6.07) is 24.1. The topological polar surface area (TPSA) is 63.1 Å². The van der Waals surface area contributed by atoms with Gasteiger partial charge in [0, 0.05) is 46.7 Å². The predicted octanol–water partition coefficient (Wildman–Crippen LogP) is 6.50. The molecule has 157 valence electrons. The first-order chi connectivity index (χ1) is 14.5. The van der Waals surface area contributed by atoms with Gasteiger partial charge in [0.25, 0.3) is 0 Å². The molecule has 2 aromatic heterocycles. The first kappa shape index (κ1) is 22.8. The summed E-state index contributed by atoms with van der Waals surface area (Å²) in [6.07, 6.45) is 2.83.